The Bertz CT molecular complexity index is 756. The molecule has 3 aromatic rings. The number of hydrogen-bond donors (Lipinski definition) is 1. The molecule has 0 aliphatic carbocycles. The van der Waals surface area contributed by atoms with Crippen LogP contribution in [-0.2, 0) is 6.54 Å². The number of para-hydroxylation sites is 1. The van der Waals surface area contributed by atoms with Crippen molar-refractivity contribution in [3.8, 4) is 0 Å². The second kappa shape index (κ2) is 3.88. The molecule has 3 heteroatoms. The van der Waals surface area contributed by atoms with Crippen LogP contribution in [0.1, 0.15) is 17.3 Å². The van der Waals surface area contributed by atoms with Crippen molar-refractivity contribution >= 4 is 27.7 Å². The number of amides is 1. The summed E-state index contributed by atoms with van der Waals surface area (Å²) >= 11 is 0. The second-order valence-electron chi connectivity index (χ2n) is 4.26. The number of primary amides is 1. The average molecular weight is 237 g/mol. The van der Waals surface area contributed by atoms with E-state index in [1.807, 2.05) is 18.2 Å². The lowest BCUT2D eigenvalue weighted by Crippen LogP contribution is -2.12. The van der Waals surface area contributed by atoms with Crippen LogP contribution in [0.2, 0.25) is 0 Å². The van der Waals surface area contributed by atoms with Gasteiger partial charge in [0.1, 0.15) is 0 Å². The van der Waals surface area contributed by atoms with Crippen LogP contribution < -0.4 is 5.73 Å². The lowest BCUT2D eigenvalue weighted by atomic mass is 10.1. The number of fused-ring (bicyclic) bond motifs is 3. The van der Waals surface area contributed by atoms with Crippen LogP contribution in [0.15, 0.2) is 36.4 Å². The molecule has 1 amide bonds. The number of aromatic nitrogens is 1. The topological polar surface area (TPSA) is 48.0 Å². The van der Waals surface area contributed by atoms with Gasteiger partial charge < -0.3 is 10.3 Å². The number of rotatable bonds is 2. The molecule has 1 aromatic heterocycles. The van der Waals surface area contributed by atoms with Crippen molar-refractivity contribution in [2.24, 2.45) is 5.73 Å². The minimum atomic E-state index is -0.408. The molecule has 0 aliphatic heterocycles. The highest BCUT2D eigenvalue weighted by atomic mass is 16.1. The lowest BCUT2D eigenvalue weighted by molar-refractivity contribution is 0.100. The summed E-state index contributed by atoms with van der Waals surface area (Å²) in [5.74, 6) is -0.408. The van der Waals surface area contributed by atoms with Gasteiger partial charge in [-0.3, -0.25) is 4.79 Å². The third-order valence-electron chi connectivity index (χ3n) is 3.30. The number of hydrogen-bond acceptors (Lipinski definition) is 1. The molecule has 2 N–H and O–H groups in total. The Hall–Kier alpha value is -2.29. The molecule has 3 rings (SSSR count). The summed E-state index contributed by atoms with van der Waals surface area (Å²) in [7, 11) is 0. The normalized spacial score (nSPS) is 11.2. The van der Waals surface area contributed by atoms with Crippen LogP contribution in [0, 0.1) is 6.07 Å². The molecule has 1 heterocycles. The van der Waals surface area contributed by atoms with Crippen LogP contribution in [0.4, 0.5) is 0 Å². The summed E-state index contributed by atoms with van der Waals surface area (Å²) in [6, 6.07) is 14.7. The Morgan fingerprint density at radius 3 is 2.78 bits per heavy atom. The van der Waals surface area contributed by atoms with Crippen LogP contribution >= 0.6 is 0 Å². The van der Waals surface area contributed by atoms with Gasteiger partial charge in [0, 0.05) is 22.8 Å². The fraction of sp³-hybridized carbons (Fsp3) is 0.133. The highest BCUT2D eigenvalue weighted by Crippen LogP contribution is 2.30. The maximum Gasteiger partial charge on any atom is 0.250 e. The highest BCUT2D eigenvalue weighted by molar-refractivity contribution is 6.15. The zero-order chi connectivity index (χ0) is 12.7. The minimum Gasteiger partial charge on any atom is -0.366 e. The standard InChI is InChI=1S/C15H13N2O/c1-2-17-13-9-4-3-6-10(13)11-7-5-8-12(14(11)17)15(16)18/h3-4,6-9H,2H2,1H3,(H2,16,18). The van der Waals surface area contributed by atoms with Gasteiger partial charge >= 0.3 is 0 Å². The molecule has 18 heavy (non-hydrogen) atoms. The summed E-state index contributed by atoms with van der Waals surface area (Å²) in [4.78, 5) is 11.5. The van der Waals surface area contributed by atoms with E-state index in [9.17, 15) is 4.79 Å². The van der Waals surface area contributed by atoms with Crippen molar-refractivity contribution < 1.29 is 4.79 Å². The second-order valence-corrected chi connectivity index (χ2v) is 4.26. The van der Waals surface area contributed by atoms with E-state index in [0.717, 1.165) is 28.4 Å². The first-order valence-corrected chi connectivity index (χ1v) is 5.95. The van der Waals surface area contributed by atoms with E-state index < -0.39 is 5.91 Å². The van der Waals surface area contributed by atoms with Crippen LogP contribution in [0.3, 0.4) is 0 Å². The van der Waals surface area contributed by atoms with E-state index in [1.165, 1.54) is 0 Å². The summed E-state index contributed by atoms with van der Waals surface area (Å²) in [5.41, 5.74) is 8.02. The molecule has 2 aromatic carbocycles. The first kappa shape index (κ1) is 10.8. The third kappa shape index (κ3) is 1.34. The van der Waals surface area contributed by atoms with Crippen molar-refractivity contribution in [1.82, 2.24) is 4.57 Å². The van der Waals surface area contributed by atoms with Crippen molar-refractivity contribution in [3.05, 3.63) is 48.0 Å². The van der Waals surface area contributed by atoms with E-state index >= 15 is 0 Å². The van der Waals surface area contributed by atoms with Gasteiger partial charge in [-0.1, -0.05) is 18.2 Å². The molecule has 0 atom stereocenters. The molecule has 0 aliphatic rings. The van der Waals surface area contributed by atoms with Gasteiger partial charge in [-0.15, -0.1) is 0 Å². The molecular formula is C15H13N2O. The number of benzene rings is 2. The predicted octanol–water partition coefficient (Wildman–Crippen LogP) is 2.71. The first-order valence-electron chi connectivity index (χ1n) is 5.95. The van der Waals surface area contributed by atoms with Gasteiger partial charge in [-0.25, -0.2) is 0 Å². The van der Waals surface area contributed by atoms with E-state index in [4.69, 9.17) is 5.73 Å². The monoisotopic (exact) mass is 237 g/mol. The quantitative estimate of drug-likeness (QED) is 0.732. The molecule has 0 spiro atoms. The Labute approximate surface area is 105 Å². The van der Waals surface area contributed by atoms with Crippen molar-refractivity contribution in [1.29, 1.82) is 0 Å². The smallest absolute Gasteiger partial charge is 0.250 e. The fourth-order valence-electron chi connectivity index (χ4n) is 2.56. The van der Waals surface area contributed by atoms with E-state index in [-0.39, 0.29) is 0 Å². The van der Waals surface area contributed by atoms with Gasteiger partial charge in [0.15, 0.2) is 0 Å². The zero-order valence-electron chi connectivity index (χ0n) is 10.1. The number of aryl methyl sites for hydroxylation is 1. The Kier molecular flexibility index (Phi) is 2.33. The number of carbonyl (C=O) groups is 1. The number of nitrogens with zero attached hydrogens (tertiary/aromatic N) is 1. The number of nitrogens with two attached hydrogens (primary N) is 1. The van der Waals surface area contributed by atoms with Crippen molar-refractivity contribution in [3.63, 3.8) is 0 Å². The Morgan fingerprint density at radius 2 is 2.06 bits per heavy atom. The summed E-state index contributed by atoms with van der Waals surface area (Å²) < 4.78 is 2.12. The summed E-state index contributed by atoms with van der Waals surface area (Å²) in [6.45, 7) is 2.86. The van der Waals surface area contributed by atoms with Crippen LogP contribution in [0.25, 0.3) is 21.8 Å². The molecule has 89 valence electrons. The minimum absolute atomic E-state index is 0.408. The van der Waals surface area contributed by atoms with Gasteiger partial charge in [-0.2, -0.15) is 0 Å². The van der Waals surface area contributed by atoms with Crippen molar-refractivity contribution in [2.45, 2.75) is 13.5 Å². The largest absolute Gasteiger partial charge is 0.366 e. The first-order chi connectivity index (χ1) is 8.74. The van der Waals surface area contributed by atoms with Crippen LogP contribution in [-0.4, -0.2) is 10.5 Å². The number of carbonyl (C=O) groups excluding carboxylic acids is 1. The fourth-order valence-corrected chi connectivity index (χ4v) is 2.56. The van der Waals surface area contributed by atoms with Gasteiger partial charge in [0.2, 0.25) is 0 Å². The van der Waals surface area contributed by atoms with E-state index in [2.05, 4.69) is 29.7 Å². The molecule has 0 bridgehead atoms. The summed E-state index contributed by atoms with van der Waals surface area (Å²) in [5, 5.41) is 2.16. The molecular weight excluding hydrogens is 224 g/mol. The van der Waals surface area contributed by atoms with E-state index in [1.54, 1.807) is 6.07 Å². The third-order valence-corrected chi connectivity index (χ3v) is 3.30. The average Bonchev–Trinajstić information content (AvgIpc) is 2.72. The predicted molar refractivity (Wildman–Crippen MR) is 72.5 cm³/mol. The Morgan fingerprint density at radius 1 is 1.28 bits per heavy atom. The molecule has 1 radical (unpaired) electrons. The van der Waals surface area contributed by atoms with Crippen LogP contribution in [0.5, 0.6) is 0 Å². The maximum absolute atomic E-state index is 11.5. The van der Waals surface area contributed by atoms with Crippen molar-refractivity contribution in [2.75, 3.05) is 0 Å². The zero-order valence-corrected chi connectivity index (χ0v) is 10.1. The molecule has 0 fully saturated rings. The molecule has 3 nitrogen and oxygen atoms in total. The lowest BCUT2D eigenvalue weighted by Gasteiger charge is -2.05. The molecule has 0 unspecified atom stereocenters. The van der Waals surface area contributed by atoms with Gasteiger partial charge in [0.05, 0.1) is 11.1 Å². The van der Waals surface area contributed by atoms with Gasteiger partial charge in [0.25, 0.3) is 5.91 Å². The van der Waals surface area contributed by atoms with E-state index in [0.29, 0.717) is 5.56 Å². The summed E-state index contributed by atoms with van der Waals surface area (Å²) in [6.07, 6.45) is 0. The molecule has 0 saturated heterocycles. The highest BCUT2D eigenvalue weighted by Gasteiger charge is 2.14. The maximum atomic E-state index is 11.5. The van der Waals surface area contributed by atoms with Gasteiger partial charge in [-0.05, 0) is 31.2 Å². The Balaban J connectivity index is 2.60. The SMILES string of the molecule is CCn1c2ccccc2c2c[c]cc(C(N)=O)c21. The molecule has 0 saturated carbocycles.